The molecule has 0 saturated heterocycles. The molecular weight excluding hydrogens is 152 g/mol. The van der Waals surface area contributed by atoms with Gasteiger partial charge in [-0.25, -0.2) is 0 Å². The van der Waals surface area contributed by atoms with Crippen molar-refractivity contribution in [2.75, 3.05) is 6.61 Å². The number of carbonyl (C=O) groups excluding carboxylic acids is 1. The molecule has 0 amide bonds. The van der Waals surface area contributed by atoms with Crippen molar-refractivity contribution in [3.8, 4) is 0 Å². The molecule has 70 valence electrons. The summed E-state index contributed by atoms with van der Waals surface area (Å²) in [6, 6.07) is 0. The van der Waals surface area contributed by atoms with Gasteiger partial charge in [-0.15, -0.1) is 0 Å². The van der Waals surface area contributed by atoms with Crippen LogP contribution in [0, 0.1) is 0 Å². The Morgan fingerprint density at radius 3 is 2.67 bits per heavy atom. The van der Waals surface area contributed by atoms with Crippen LogP contribution in [0.5, 0.6) is 0 Å². The molecule has 0 spiro atoms. The summed E-state index contributed by atoms with van der Waals surface area (Å²) in [5.41, 5.74) is 0. The van der Waals surface area contributed by atoms with Crippen LogP contribution in [0.15, 0.2) is 0 Å². The van der Waals surface area contributed by atoms with Crippen molar-refractivity contribution >= 4 is 5.78 Å². The van der Waals surface area contributed by atoms with Crippen LogP contribution in [0.4, 0.5) is 0 Å². The van der Waals surface area contributed by atoms with Crippen molar-refractivity contribution in [1.29, 1.82) is 0 Å². The molecule has 0 aromatic heterocycles. The molecule has 0 atom stereocenters. The summed E-state index contributed by atoms with van der Waals surface area (Å²) in [5.74, 6) is 0.269. The molecule has 0 bridgehead atoms. The predicted octanol–water partition coefficient (Wildman–Crippen LogP) is 2.31. The maximum absolute atomic E-state index is 10.6. The largest absolute Gasteiger partial charge is 0.378 e. The summed E-state index contributed by atoms with van der Waals surface area (Å²) < 4.78 is 5.60. The summed E-state index contributed by atoms with van der Waals surface area (Å²) >= 11 is 0. The van der Waals surface area contributed by atoms with Crippen LogP contribution < -0.4 is 0 Å². The molecular formula is C10H18O2. The third-order valence-electron chi connectivity index (χ3n) is 2.33. The van der Waals surface area contributed by atoms with Crippen LogP contribution >= 0.6 is 0 Å². The summed E-state index contributed by atoms with van der Waals surface area (Å²) in [6.45, 7) is 2.40. The SMILES string of the molecule is CC(=O)CCCOC1CCCC1. The zero-order valence-electron chi connectivity index (χ0n) is 7.84. The monoisotopic (exact) mass is 170 g/mol. The van der Waals surface area contributed by atoms with E-state index in [0.717, 1.165) is 13.0 Å². The quantitative estimate of drug-likeness (QED) is 0.592. The molecule has 1 rings (SSSR count). The fraction of sp³-hybridized carbons (Fsp3) is 0.900. The van der Waals surface area contributed by atoms with Crippen LogP contribution in [-0.4, -0.2) is 18.5 Å². The Kier molecular flexibility index (Phi) is 4.30. The van der Waals surface area contributed by atoms with Crippen molar-refractivity contribution < 1.29 is 9.53 Å². The first-order chi connectivity index (χ1) is 5.79. The van der Waals surface area contributed by atoms with Gasteiger partial charge in [-0.1, -0.05) is 12.8 Å². The molecule has 12 heavy (non-hydrogen) atoms. The molecule has 0 aliphatic heterocycles. The van der Waals surface area contributed by atoms with E-state index in [9.17, 15) is 4.79 Å². The van der Waals surface area contributed by atoms with Gasteiger partial charge in [0.15, 0.2) is 0 Å². The van der Waals surface area contributed by atoms with Crippen LogP contribution in [-0.2, 0) is 9.53 Å². The number of hydrogen-bond acceptors (Lipinski definition) is 2. The molecule has 1 saturated carbocycles. The molecule has 0 radical (unpaired) electrons. The molecule has 0 N–H and O–H groups in total. The standard InChI is InChI=1S/C10H18O2/c1-9(11)5-4-8-12-10-6-2-3-7-10/h10H,2-8H2,1H3. The van der Waals surface area contributed by atoms with E-state index < -0.39 is 0 Å². The highest BCUT2D eigenvalue weighted by molar-refractivity contribution is 5.75. The lowest BCUT2D eigenvalue weighted by Gasteiger charge is -2.09. The Labute approximate surface area is 74.3 Å². The minimum Gasteiger partial charge on any atom is -0.378 e. The number of ether oxygens (including phenoxy) is 1. The minimum absolute atomic E-state index is 0.269. The van der Waals surface area contributed by atoms with E-state index in [1.165, 1.54) is 25.7 Å². The second-order valence-corrected chi connectivity index (χ2v) is 3.58. The lowest BCUT2D eigenvalue weighted by molar-refractivity contribution is -0.117. The zero-order valence-corrected chi connectivity index (χ0v) is 7.84. The molecule has 1 aliphatic carbocycles. The Morgan fingerprint density at radius 2 is 2.08 bits per heavy atom. The Balaban J connectivity index is 1.91. The van der Waals surface area contributed by atoms with Gasteiger partial charge in [0.1, 0.15) is 5.78 Å². The van der Waals surface area contributed by atoms with Gasteiger partial charge in [-0.3, -0.25) is 0 Å². The summed E-state index contributed by atoms with van der Waals surface area (Å²) in [4.78, 5) is 10.6. The van der Waals surface area contributed by atoms with Crippen molar-refractivity contribution in [2.24, 2.45) is 0 Å². The van der Waals surface area contributed by atoms with Crippen LogP contribution in [0.25, 0.3) is 0 Å². The van der Waals surface area contributed by atoms with Gasteiger partial charge < -0.3 is 9.53 Å². The van der Waals surface area contributed by atoms with Crippen molar-refractivity contribution in [3.63, 3.8) is 0 Å². The zero-order chi connectivity index (χ0) is 8.81. The van der Waals surface area contributed by atoms with Crippen LogP contribution in [0.2, 0.25) is 0 Å². The normalized spacial score (nSPS) is 18.4. The van der Waals surface area contributed by atoms with E-state index in [-0.39, 0.29) is 5.78 Å². The smallest absolute Gasteiger partial charge is 0.129 e. The van der Waals surface area contributed by atoms with Gasteiger partial charge in [0.2, 0.25) is 0 Å². The summed E-state index contributed by atoms with van der Waals surface area (Å²) in [7, 11) is 0. The Morgan fingerprint density at radius 1 is 1.42 bits per heavy atom. The van der Waals surface area contributed by atoms with Gasteiger partial charge in [-0.05, 0) is 26.2 Å². The number of carbonyl (C=O) groups is 1. The van der Waals surface area contributed by atoms with E-state index in [2.05, 4.69) is 0 Å². The van der Waals surface area contributed by atoms with Crippen LogP contribution in [0.3, 0.4) is 0 Å². The molecule has 1 aliphatic rings. The average molecular weight is 170 g/mol. The first kappa shape index (κ1) is 9.72. The number of ketones is 1. The molecule has 2 nitrogen and oxygen atoms in total. The lowest BCUT2D eigenvalue weighted by atomic mass is 10.2. The number of hydrogen-bond donors (Lipinski definition) is 0. The second kappa shape index (κ2) is 5.31. The predicted molar refractivity (Wildman–Crippen MR) is 48.1 cm³/mol. The van der Waals surface area contributed by atoms with E-state index in [0.29, 0.717) is 12.5 Å². The fourth-order valence-corrected chi connectivity index (χ4v) is 1.63. The number of Topliss-reactive ketones (excluding diaryl/α,β-unsaturated/α-hetero) is 1. The average Bonchev–Trinajstić information content (AvgIpc) is 2.49. The lowest BCUT2D eigenvalue weighted by Crippen LogP contribution is -2.09. The molecule has 0 aromatic carbocycles. The first-order valence-electron chi connectivity index (χ1n) is 4.90. The fourth-order valence-electron chi connectivity index (χ4n) is 1.63. The maximum atomic E-state index is 10.6. The third-order valence-corrected chi connectivity index (χ3v) is 2.33. The first-order valence-corrected chi connectivity index (χ1v) is 4.90. The van der Waals surface area contributed by atoms with Crippen molar-refractivity contribution in [2.45, 2.75) is 51.6 Å². The Hall–Kier alpha value is -0.370. The van der Waals surface area contributed by atoms with Gasteiger partial charge in [0.05, 0.1) is 6.10 Å². The summed E-state index contributed by atoms with van der Waals surface area (Å²) in [5, 5.41) is 0. The third kappa shape index (κ3) is 3.86. The van der Waals surface area contributed by atoms with E-state index in [1.54, 1.807) is 6.92 Å². The van der Waals surface area contributed by atoms with E-state index in [4.69, 9.17) is 4.74 Å². The molecule has 0 heterocycles. The van der Waals surface area contributed by atoms with Crippen molar-refractivity contribution in [3.05, 3.63) is 0 Å². The van der Waals surface area contributed by atoms with Gasteiger partial charge in [-0.2, -0.15) is 0 Å². The highest BCUT2D eigenvalue weighted by Gasteiger charge is 2.14. The molecule has 0 aromatic rings. The van der Waals surface area contributed by atoms with Crippen LogP contribution in [0.1, 0.15) is 45.4 Å². The maximum Gasteiger partial charge on any atom is 0.129 e. The van der Waals surface area contributed by atoms with Gasteiger partial charge >= 0.3 is 0 Å². The van der Waals surface area contributed by atoms with E-state index in [1.807, 2.05) is 0 Å². The molecule has 1 fully saturated rings. The van der Waals surface area contributed by atoms with Crippen molar-refractivity contribution in [1.82, 2.24) is 0 Å². The highest BCUT2D eigenvalue weighted by Crippen LogP contribution is 2.20. The number of rotatable bonds is 5. The highest BCUT2D eigenvalue weighted by atomic mass is 16.5. The van der Waals surface area contributed by atoms with Gasteiger partial charge in [0.25, 0.3) is 0 Å². The minimum atomic E-state index is 0.269. The van der Waals surface area contributed by atoms with Gasteiger partial charge in [0, 0.05) is 13.0 Å². The van der Waals surface area contributed by atoms with E-state index >= 15 is 0 Å². The molecule has 0 unspecified atom stereocenters. The Bertz CT molecular complexity index is 137. The summed E-state index contributed by atoms with van der Waals surface area (Å²) in [6.07, 6.45) is 7.14. The second-order valence-electron chi connectivity index (χ2n) is 3.58. The molecule has 2 heteroatoms. The topological polar surface area (TPSA) is 26.3 Å².